The van der Waals surface area contributed by atoms with Crippen molar-refractivity contribution in [2.45, 2.75) is 126 Å². The number of alkyl halides is 6. The van der Waals surface area contributed by atoms with Crippen LogP contribution in [0.1, 0.15) is 107 Å². The zero-order chi connectivity index (χ0) is 39.2. The molecule has 3 heterocycles. The maximum Gasteiger partial charge on any atom is 0.329 e. The number of benzene rings is 1. The third-order valence-electron chi connectivity index (χ3n) is 13.2. The number of likely N-dealkylation sites (tertiary alicyclic amines) is 1. The number of halogens is 6. The number of amides is 1. The van der Waals surface area contributed by atoms with E-state index in [0.717, 1.165) is 12.6 Å². The Balaban J connectivity index is 1.11. The lowest BCUT2D eigenvalue weighted by molar-refractivity contribution is -0.165. The Kier molecular flexibility index (Phi) is 9.24. The molecule has 1 aromatic carbocycles. The molecule has 5 aliphatic rings. The number of hydrogen-bond acceptors (Lipinski definition) is 6. The third-order valence-corrected chi connectivity index (χ3v) is 13.2. The molecule has 3 aromatic rings. The van der Waals surface area contributed by atoms with Crippen molar-refractivity contribution >= 4 is 22.8 Å². The minimum absolute atomic E-state index is 0.0184. The number of carboxylic acid groups (broad SMARTS) is 1. The van der Waals surface area contributed by atoms with Gasteiger partial charge in [0.05, 0.1) is 24.2 Å². The molecule has 1 amide bonds. The Hall–Kier alpha value is -3.88. The van der Waals surface area contributed by atoms with E-state index in [2.05, 4.69) is 22.2 Å². The van der Waals surface area contributed by atoms with Crippen LogP contribution in [0.25, 0.3) is 22.3 Å². The van der Waals surface area contributed by atoms with Gasteiger partial charge in [-0.1, -0.05) is 13.8 Å². The van der Waals surface area contributed by atoms with Crippen molar-refractivity contribution in [3.8, 4) is 17.1 Å². The number of carbonyl (C=O) groups excluding carboxylic acids is 1. The number of nitrogens with zero attached hydrogens (tertiary/aromatic N) is 4. The van der Waals surface area contributed by atoms with Crippen LogP contribution in [-0.2, 0) is 10.7 Å². The summed E-state index contributed by atoms with van der Waals surface area (Å²) in [6.45, 7) is 3.96. The molecule has 4 aliphatic carbocycles. The highest BCUT2D eigenvalue weighted by molar-refractivity contribution is 6.00. The Morgan fingerprint density at radius 1 is 0.964 bits per heavy atom. The lowest BCUT2D eigenvalue weighted by Crippen LogP contribution is -2.66. The van der Waals surface area contributed by atoms with E-state index in [1.807, 2.05) is 4.57 Å². The standard InChI is InChI=1S/C40H47F6N5O4/c1-21-10-23-12-22(2)40(36(53)54,24(11-21)13-23)49-35(52)30-17-47-34(48-33(30)37(3,41)42)31-18-51(25-6-8-38(43,44)9-7-25)32-16-27(4-5-29(31)32)55-28-14-26(15-28)50-19-39(45,46)20-50/h4-5,16-18,21-26,28H,6-15,19-20H2,1-3H3,(H,49,52)(H,53,54). The van der Waals surface area contributed by atoms with E-state index in [1.165, 1.54) is 0 Å². The first-order chi connectivity index (χ1) is 25.8. The zero-order valence-corrected chi connectivity index (χ0v) is 31.1. The molecule has 2 aromatic heterocycles. The highest BCUT2D eigenvalue weighted by Gasteiger charge is 2.57. The van der Waals surface area contributed by atoms with Crippen LogP contribution < -0.4 is 10.1 Å². The molecule has 5 atom stereocenters. The second kappa shape index (κ2) is 13.4. The van der Waals surface area contributed by atoms with E-state index in [4.69, 9.17) is 4.74 Å². The number of carboxylic acids is 1. The second-order valence-corrected chi connectivity index (χ2v) is 17.3. The summed E-state index contributed by atoms with van der Waals surface area (Å²) < 4.78 is 94.2. The minimum Gasteiger partial charge on any atom is -0.490 e. The minimum atomic E-state index is -3.62. The van der Waals surface area contributed by atoms with Crippen molar-refractivity contribution in [3.63, 3.8) is 0 Å². The van der Waals surface area contributed by atoms with Gasteiger partial charge >= 0.3 is 5.97 Å². The van der Waals surface area contributed by atoms with Gasteiger partial charge < -0.3 is 19.7 Å². The molecule has 9 nitrogen and oxygen atoms in total. The van der Waals surface area contributed by atoms with Crippen LogP contribution in [0.15, 0.2) is 30.6 Å². The molecule has 0 radical (unpaired) electrons. The van der Waals surface area contributed by atoms with Gasteiger partial charge in [-0.05, 0) is 74.3 Å². The Morgan fingerprint density at radius 3 is 2.33 bits per heavy atom. The van der Waals surface area contributed by atoms with Gasteiger partial charge in [0.15, 0.2) is 5.82 Å². The quantitative estimate of drug-likeness (QED) is 0.210. The molecule has 8 rings (SSSR count). The number of carbonyl (C=O) groups is 2. The maximum absolute atomic E-state index is 15.5. The van der Waals surface area contributed by atoms with Crippen molar-refractivity contribution < 1.29 is 45.8 Å². The van der Waals surface area contributed by atoms with E-state index in [-0.39, 0.29) is 74.6 Å². The average Bonchev–Trinajstić information content (AvgIpc) is 3.44. The molecular weight excluding hydrogens is 728 g/mol. The summed E-state index contributed by atoms with van der Waals surface area (Å²) in [4.78, 5) is 37.4. The number of aliphatic carboxylic acids is 1. The van der Waals surface area contributed by atoms with Gasteiger partial charge in [-0.25, -0.2) is 32.3 Å². The van der Waals surface area contributed by atoms with Crippen molar-refractivity contribution in [2.24, 2.45) is 23.7 Å². The van der Waals surface area contributed by atoms with Gasteiger partial charge in [-0.3, -0.25) is 9.69 Å². The molecule has 2 bridgehead atoms. The van der Waals surface area contributed by atoms with Crippen LogP contribution in [-0.4, -0.2) is 79.0 Å². The third kappa shape index (κ3) is 6.96. The Labute approximate surface area is 315 Å². The van der Waals surface area contributed by atoms with Crippen molar-refractivity contribution in [1.82, 2.24) is 24.8 Å². The highest BCUT2D eigenvalue weighted by Crippen LogP contribution is 2.51. The van der Waals surface area contributed by atoms with Crippen molar-refractivity contribution in [2.75, 3.05) is 13.1 Å². The van der Waals surface area contributed by atoms with Gasteiger partial charge in [0.1, 0.15) is 23.1 Å². The molecule has 5 fully saturated rings. The molecular formula is C40H47F6N5O4. The van der Waals surface area contributed by atoms with Crippen LogP contribution in [0.2, 0.25) is 0 Å². The number of rotatable bonds is 9. The van der Waals surface area contributed by atoms with E-state index >= 15 is 8.78 Å². The molecule has 4 saturated carbocycles. The lowest BCUT2D eigenvalue weighted by Gasteiger charge is -2.52. The first-order valence-corrected chi connectivity index (χ1v) is 19.4. The number of aromatic nitrogens is 3. The highest BCUT2D eigenvalue weighted by atomic mass is 19.3. The predicted octanol–water partition coefficient (Wildman–Crippen LogP) is 8.47. The monoisotopic (exact) mass is 775 g/mol. The molecule has 55 heavy (non-hydrogen) atoms. The zero-order valence-electron chi connectivity index (χ0n) is 31.1. The predicted molar refractivity (Wildman–Crippen MR) is 191 cm³/mol. The largest absolute Gasteiger partial charge is 0.490 e. The molecule has 298 valence electrons. The number of hydrogen-bond donors (Lipinski definition) is 2. The fraction of sp³-hybridized carbons (Fsp3) is 0.650. The van der Waals surface area contributed by atoms with Crippen molar-refractivity contribution in [1.29, 1.82) is 0 Å². The SMILES string of the molecule is CC1CC2CC(C)C(NC(=O)c3cnc(-c4cn(C5CCC(F)(F)CC5)c5cc(OC6CC(N7CC(F)(F)C7)C6)ccc45)nc3C(C)(F)F)(C(=O)O)C(C1)C2. The average molecular weight is 776 g/mol. The summed E-state index contributed by atoms with van der Waals surface area (Å²) in [5, 5.41) is 13.9. The summed E-state index contributed by atoms with van der Waals surface area (Å²) >= 11 is 0. The maximum atomic E-state index is 15.5. The van der Waals surface area contributed by atoms with Gasteiger partial charge in [-0.2, -0.15) is 8.78 Å². The Bertz CT molecular complexity index is 1970. The molecule has 0 spiro atoms. The van der Waals surface area contributed by atoms with Gasteiger partial charge in [0.2, 0.25) is 5.92 Å². The van der Waals surface area contributed by atoms with E-state index in [0.29, 0.717) is 67.2 Å². The summed E-state index contributed by atoms with van der Waals surface area (Å²) in [7, 11) is 0. The fourth-order valence-electron chi connectivity index (χ4n) is 10.3. The smallest absolute Gasteiger partial charge is 0.329 e. The van der Waals surface area contributed by atoms with Gasteiger partial charge in [0, 0.05) is 74.1 Å². The molecule has 2 N–H and O–H groups in total. The lowest BCUT2D eigenvalue weighted by atomic mass is 9.56. The van der Waals surface area contributed by atoms with Gasteiger partial charge in [-0.15, -0.1) is 0 Å². The molecule has 1 saturated heterocycles. The summed E-state index contributed by atoms with van der Waals surface area (Å²) in [6, 6.07) is 4.89. The molecule has 15 heteroatoms. The summed E-state index contributed by atoms with van der Waals surface area (Å²) in [6.07, 6.45) is 6.19. The molecule has 1 aliphatic heterocycles. The van der Waals surface area contributed by atoms with E-state index in [1.54, 1.807) is 36.2 Å². The van der Waals surface area contributed by atoms with E-state index in [9.17, 15) is 32.3 Å². The van der Waals surface area contributed by atoms with Crippen LogP contribution in [0.5, 0.6) is 5.75 Å². The van der Waals surface area contributed by atoms with E-state index < -0.39 is 52.4 Å². The second-order valence-electron chi connectivity index (χ2n) is 17.3. The van der Waals surface area contributed by atoms with Crippen LogP contribution >= 0.6 is 0 Å². The number of nitrogens with one attached hydrogen (secondary N) is 1. The van der Waals surface area contributed by atoms with Crippen LogP contribution in [0.3, 0.4) is 0 Å². The van der Waals surface area contributed by atoms with Crippen LogP contribution in [0, 0.1) is 23.7 Å². The summed E-state index contributed by atoms with van der Waals surface area (Å²) in [5.74, 6) is -11.1. The number of ether oxygens (including phenoxy) is 1. The topological polar surface area (TPSA) is 110 Å². The normalized spacial score (nSPS) is 32.0. The first-order valence-electron chi connectivity index (χ1n) is 19.4. The first kappa shape index (κ1) is 38.0. The Morgan fingerprint density at radius 2 is 1.67 bits per heavy atom. The van der Waals surface area contributed by atoms with Crippen molar-refractivity contribution in [3.05, 3.63) is 41.9 Å². The fourth-order valence-corrected chi connectivity index (χ4v) is 10.3. The van der Waals surface area contributed by atoms with Crippen LogP contribution in [0.4, 0.5) is 26.3 Å². The van der Waals surface area contributed by atoms with Gasteiger partial charge in [0.25, 0.3) is 17.8 Å². The summed E-state index contributed by atoms with van der Waals surface area (Å²) in [5.41, 5.74) is -2.07. The molecule has 5 unspecified atom stereocenters. The number of fused-ring (bicyclic) bond motifs is 3.